The predicted molar refractivity (Wildman–Crippen MR) is 135 cm³/mol. The number of carbonyl (C=O) groups is 2. The molecule has 1 aromatic carbocycles. The molecule has 3 heterocycles. The van der Waals surface area contributed by atoms with Gasteiger partial charge in [0, 0.05) is 55.9 Å². The van der Waals surface area contributed by atoms with Gasteiger partial charge in [-0.2, -0.15) is 0 Å². The van der Waals surface area contributed by atoms with E-state index in [1.165, 1.54) is 16.5 Å². The van der Waals surface area contributed by atoms with Crippen molar-refractivity contribution in [2.75, 3.05) is 38.6 Å². The van der Waals surface area contributed by atoms with E-state index in [-0.39, 0.29) is 35.6 Å². The lowest BCUT2D eigenvalue weighted by atomic mass is 9.92. The van der Waals surface area contributed by atoms with Crippen molar-refractivity contribution in [1.82, 2.24) is 14.7 Å². The van der Waals surface area contributed by atoms with Gasteiger partial charge in [0.05, 0.1) is 11.5 Å². The maximum atomic E-state index is 14.0. The molecule has 0 bridgehead atoms. The van der Waals surface area contributed by atoms with Crippen molar-refractivity contribution in [3.05, 3.63) is 57.5 Å². The van der Waals surface area contributed by atoms with Gasteiger partial charge in [-0.3, -0.25) is 14.5 Å². The van der Waals surface area contributed by atoms with Crippen LogP contribution in [0.15, 0.2) is 35.7 Å². The van der Waals surface area contributed by atoms with Gasteiger partial charge in [-0.05, 0) is 61.9 Å². The molecule has 2 atom stereocenters. The summed E-state index contributed by atoms with van der Waals surface area (Å²) in [7, 11) is 0. The van der Waals surface area contributed by atoms with Crippen LogP contribution in [-0.2, 0) is 16.0 Å². The summed E-state index contributed by atoms with van der Waals surface area (Å²) in [5, 5.41) is 2.10. The lowest BCUT2D eigenvalue weighted by Gasteiger charge is -2.43. The SMILES string of the molecule is C[C@H]1CN(C(=O)CCN2CCc3sccc3[C@@H]2c2cccc(F)c2)CCN1C(=O)C(C)(C)CCl. The quantitative estimate of drug-likeness (QED) is 0.541. The average molecular weight is 506 g/mol. The molecule has 4 rings (SSSR count). The van der Waals surface area contributed by atoms with Crippen molar-refractivity contribution < 1.29 is 14.0 Å². The van der Waals surface area contributed by atoms with E-state index in [9.17, 15) is 14.0 Å². The van der Waals surface area contributed by atoms with Crippen molar-refractivity contribution in [1.29, 1.82) is 0 Å². The molecule has 0 aliphatic carbocycles. The smallest absolute Gasteiger partial charge is 0.229 e. The standard InChI is InChI=1S/C26H33ClFN3O2S/c1-18-16-30(12-13-31(18)25(33)26(2,3)17-27)23(32)8-11-29-10-7-22-21(9-14-34-22)24(29)19-5-4-6-20(28)15-19/h4-6,9,14-15,18,24H,7-8,10-13,16-17H2,1-3H3/t18-,24-/m0/s1. The molecule has 0 saturated carbocycles. The number of halogens is 2. The zero-order chi connectivity index (χ0) is 24.5. The van der Waals surface area contributed by atoms with E-state index < -0.39 is 5.41 Å². The van der Waals surface area contributed by atoms with Crippen LogP contribution >= 0.6 is 22.9 Å². The van der Waals surface area contributed by atoms with Crippen LogP contribution in [0, 0.1) is 11.2 Å². The van der Waals surface area contributed by atoms with Crippen LogP contribution in [0.25, 0.3) is 0 Å². The first kappa shape index (κ1) is 25.1. The minimum absolute atomic E-state index is 0.0373. The van der Waals surface area contributed by atoms with E-state index >= 15 is 0 Å². The molecule has 1 aromatic heterocycles. The van der Waals surface area contributed by atoms with E-state index in [4.69, 9.17) is 11.6 Å². The van der Waals surface area contributed by atoms with Crippen molar-refractivity contribution in [2.45, 2.75) is 45.7 Å². The van der Waals surface area contributed by atoms with Gasteiger partial charge in [-0.15, -0.1) is 22.9 Å². The minimum Gasteiger partial charge on any atom is -0.339 e. The maximum absolute atomic E-state index is 14.0. The van der Waals surface area contributed by atoms with E-state index in [1.807, 2.05) is 36.6 Å². The Morgan fingerprint density at radius 1 is 1.21 bits per heavy atom. The molecule has 2 aromatic rings. The molecule has 0 unspecified atom stereocenters. The summed E-state index contributed by atoms with van der Waals surface area (Å²) in [5.74, 6) is 0.172. The fourth-order valence-corrected chi connectivity index (χ4v) is 6.02. The summed E-state index contributed by atoms with van der Waals surface area (Å²) >= 11 is 7.75. The Kier molecular flexibility index (Phi) is 7.65. The normalized spacial score (nSPS) is 21.4. The average Bonchev–Trinajstić information content (AvgIpc) is 3.30. The highest BCUT2D eigenvalue weighted by molar-refractivity contribution is 7.10. The number of nitrogens with zero attached hydrogens (tertiary/aromatic N) is 3. The minimum atomic E-state index is -0.608. The number of piperazine rings is 1. The van der Waals surface area contributed by atoms with Gasteiger partial charge in [0.15, 0.2) is 0 Å². The Morgan fingerprint density at radius 3 is 2.71 bits per heavy atom. The van der Waals surface area contributed by atoms with Crippen LogP contribution in [0.5, 0.6) is 0 Å². The highest BCUT2D eigenvalue weighted by atomic mass is 35.5. The van der Waals surface area contributed by atoms with Crippen molar-refractivity contribution in [3.8, 4) is 0 Å². The van der Waals surface area contributed by atoms with Gasteiger partial charge in [0.1, 0.15) is 5.82 Å². The third kappa shape index (κ3) is 5.16. The van der Waals surface area contributed by atoms with Gasteiger partial charge in [0.25, 0.3) is 0 Å². The molecule has 0 N–H and O–H groups in total. The number of benzene rings is 1. The van der Waals surface area contributed by atoms with E-state index in [1.54, 1.807) is 23.5 Å². The Labute approximate surface area is 210 Å². The second-order valence-electron chi connectivity index (χ2n) is 10.00. The Balaban J connectivity index is 1.40. The lowest BCUT2D eigenvalue weighted by molar-refractivity contribution is -0.148. The van der Waals surface area contributed by atoms with Gasteiger partial charge < -0.3 is 9.80 Å². The molecule has 2 aliphatic heterocycles. The summed E-state index contributed by atoms with van der Waals surface area (Å²) in [5.41, 5.74) is 1.54. The second-order valence-corrected chi connectivity index (χ2v) is 11.3. The fourth-order valence-electron chi connectivity index (χ4n) is 5.01. The molecule has 5 nitrogen and oxygen atoms in total. The fraction of sp³-hybridized carbons (Fsp3) is 0.538. The largest absolute Gasteiger partial charge is 0.339 e. The van der Waals surface area contributed by atoms with Crippen LogP contribution in [-0.4, -0.2) is 71.2 Å². The van der Waals surface area contributed by atoms with Gasteiger partial charge in [0.2, 0.25) is 11.8 Å². The molecule has 34 heavy (non-hydrogen) atoms. The molecule has 1 fully saturated rings. The number of amides is 2. The van der Waals surface area contributed by atoms with E-state index in [2.05, 4.69) is 16.3 Å². The number of rotatable bonds is 6. The van der Waals surface area contributed by atoms with Crippen molar-refractivity contribution >= 4 is 34.8 Å². The third-order valence-electron chi connectivity index (χ3n) is 7.00. The lowest BCUT2D eigenvalue weighted by Crippen LogP contribution is -2.58. The first-order valence-corrected chi connectivity index (χ1v) is 13.3. The summed E-state index contributed by atoms with van der Waals surface area (Å²) in [6.07, 6.45) is 1.35. The number of hydrogen-bond donors (Lipinski definition) is 0. The van der Waals surface area contributed by atoms with Crippen LogP contribution < -0.4 is 0 Å². The van der Waals surface area contributed by atoms with Crippen molar-refractivity contribution in [2.24, 2.45) is 5.41 Å². The number of thiophene rings is 1. The molecule has 0 spiro atoms. The molecule has 2 aliphatic rings. The predicted octanol–water partition coefficient (Wildman–Crippen LogP) is 4.55. The Bertz CT molecular complexity index is 1040. The number of hydrogen-bond acceptors (Lipinski definition) is 4. The van der Waals surface area contributed by atoms with E-state index in [0.29, 0.717) is 32.6 Å². The first-order valence-electron chi connectivity index (χ1n) is 11.9. The summed E-state index contributed by atoms with van der Waals surface area (Å²) < 4.78 is 14.0. The highest BCUT2D eigenvalue weighted by Crippen LogP contribution is 2.38. The number of carbonyl (C=O) groups excluding carboxylic acids is 2. The summed E-state index contributed by atoms with van der Waals surface area (Å²) in [6, 6.07) is 8.84. The summed E-state index contributed by atoms with van der Waals surface area (Å²) in [4.78, 5) is 33.3. The van der Waals surface area contributed by atoms with Crippen LogP contribution in [0.3, 0.4) is 0 Å². The van der Waals surface area contributed by atoms with Crippen LogP contribution in [0.2, 0.25) is 0 Å². The second kappa shape index (κ2) is 10.3. The molecular weight excluding hydrogens is 473 g/mol. The Morgan fingerprint density at radius 2 is 2.00 bits per heavy atom. The molecule has 1 saturated heterocycles. The van der Waals surface area contributed by atoms with Crippen LogP contribution in [0.4, 0.5) is 4.39 Å². The molecular formula is C26H33ClFN3O2S. The van der Waals surface area contributed by atoms with E-state index in [0.717, 1.165) is 18.5 Å². The topological polar surface area (TPSA) is 43.9 Å². The molecule has 2 amide bonds. The summed E-state index contributed by atoms with van der Waals surface area (Å²) in [6.45, 7) is 8.76. The maximum Gasteiger partial charge on any atom is 0.229 e. The van der Waals surface area contributed by atoms with Gasteiger partial charge in [-0.25, -0.2) is 4.39 Å². The Hall–Kier alpha value is -1.96. The molecule has 184 valence electrons. The monoisotopic (exact) mass is 505 g/mol. The number of alkyl halides is 1. The highest BCUT2D eigenvalue weighted by Gasteiger charge is 2.37. The first-order chi connectivity index (χ1) is 16.2. The van der Waals surface area contributed by atoms with Crippen molar-refractivity contribution in [3.63, 3.8) is 0 Å². The zero-order valence-electron chi connectivity index (χ0n) is 20.1. The zero-order valence-corrected chi connectivity index (χ0v) is 21.7. The molecule has 8 heteroatoms. The third-order valence-corrected chi connectivity index (χ3v) is 8.66. The molecule has 0 radical (unpaired) electrons. The van der Waals surface area contributed by atoms with Gasteiger partial charge in [-0.1, -0.05) is 12.1 Å². The van der Waals surface area contributed by atoms with Crippen LogP contribution in [0.1, 0.15) is 49.2 Å². The van der Waals surface area contributed by atoms with Gasteiger partial charge >= 0.3 is 0 Å². The number of fused-ring (bicyclic) bond motifs is 1.